The van der Waals surface area contributed by atoms with Crippen molar-refractivity contribution >= 4 is 11.8 Å². The molecule has 166 valence electrons. The highest BCUT2D eigenvalue weighted by molar-refractivity contribution is 5.95. The quantitative estimate of drug-likeness (QED) is 0.649. The molecule has 2 atom stereocenters. The van der Waals surface area contributed by atoms with E-state index in [4.69, 9.17) is 0 Å². The van der Waals surface area contributed by atoms with Gasteiger partial charge in [-0.15, -0.1) is 0 Å². The van der Waals surface area contributed by atoms with Crippen molar-refractivity contribution in [2.45, 2.75) is 57.7 Å². The minimum atomic E-state index is -0.0129. The zero-order valence-corrected chi connectivity index (χ0v) is 18.5. The number of aryl methyl sites for hydroxylation is 1. The first-order chi connectivity index (χ1) is 15.0. The highest BCUT2D eigenvalue weighted by Crippen LogP contribution is 2.35. The summed E-state index contributed by atoms with van der Waals surface area (Å²) in [7, 11) is 1.95. The molecular weight excluding hydrogens is 390 g/mol. The second-order valence-electron chi connectivity index (χ2n) is 8.96. The van der Waals surface area contributed by atoms with E-state index in [1.54, 1.807) is 6.20 Å². The van der Waals surface area contributed by atoms with Gasteiger partial charge in [0.25, 0.3) is 5.91 Å². The van der Waals surface area contributed by atoms with Crippen molar-refractivity contribution in [2.24, 2.45) is 13.0 Å². The molecule has 2 aliphatic rings. The van der Waals surface area contributed by atoms with Gasteiger partial charge in [0.15, 0.2) is 0 Å². The molecule has 0 spiro atoms. The molecule has 31 heavy (non-hydrogen) atoms. The highest BCUT2D eigenvalue weighted by Gasteiger charge is 2.38. The van der Waals surface area contributed by atoms with Crippen LogP contribution in [0.4, 0.5) is 0 Å². The van der Waals surface area contributed by atoms with Crippen LogP contribution in [0.15, 0.2) is 36.7 Å². The molecule has 7 heteroatoms. The average Bonchev–Trinajstić information content (AvgIpc) is 3.44. The standard InChI is InChI=1S/C24H33N5O2/c1-17-22(10-12-28(17)2)24(31)27-15-21-9-8-20(29(21)16-18-6-7-18)13-23(30)26-14-19-5-3-4-11-25-19/h3-5,10-12,18,20-21H,6-9,13-16H2,1-2H3,(H,26,30)(H,27,31)/t20-,21+/m1/s1. The number of amides is 2. The molecular formula is C24H33N5O2. The van der Waals surface area contributed by atoms with Crippen LogP contribution in [0.5, 0.6) is 0 Å². The lowest BCUT2D eigenvalue weighted by Gasteiger charge is -2.30. The first-order valence-corrected chi connectivity index (χ1v) is 11.3. The Labute approximate surface area is 184 Å². The van der Waals surface area contributed by atoms with Crippen molar-refractivity contribution in [3.8, 4) is 0 Å². The van der Waals surface area contributed by atoms with Gasteiger partial charge in [0, 0.05) is 56.7 Å². The maximum Gasteiger partial charge on any atom is 0.253 e. The molecule has 1 aliphatic carbocycles. The van der Waals surface area contributed by atoms with Gasteiger partial charge in [-0.2, -0.15) is 0 Å². The van der Waals surface area contributed by atoms with Crippen LogP contribution >= 0.6 is 0 Å². The second kappa shape index (κ2) is 9.64. The number of pyridine rings is 1. The van der Waals surface area contributed by atoms with Gasteiger partial charge in [-0.05, 0) is 56.7 Å². The summed E-state index contributed by atoms with van der Waals surface area (Å²) in [6.07, 6.45) is 8.72. The van der Waals surface area contributed by atoms with Gasteiger partial charge in [-0.3, -0.25) is 19.5 Å². The molecule has 0 unspecified atom stereocenters. The summed E-state index contributed by atoms with van der Waals surface area (Å²) in [6.45, 7) is 4.09. The molecule has 7 nitrogen and oxygen atoms in total. The molecule has 2 aromatic rings. The summed E-state index contributed by atoms with van der Waals surface area (Å²) in [5.41, 5.74) is 2.58. The van der Waals surface area contributed by atoms with Crippen LogP contribution in [0, 0.1) is 12.8 Å². The molecule has 0 bridgehead atoms. The van der Waals surface area contributed by atoms with E-state index < -0.39 is 0 Å². The maximum absolute atomic E-state index is 12.6. The van der Waals surface area contributed by atoms with E-state index in [1.165, 1.54) is 12.8 Å². The smallest absolute Gasteiger partial charge is 0.253 e. The summed E-state index contributed by atoms with van der Waals surface area (Å²) < 4.78 is 1.96. The van der Waals surface area contributed by atoms with E-state index in [9.17, 15) is 9.59 Å². The Hall–Kier alpha value is -2.67. The Morgan fingerprint density at radius 3 is 2.58 bits per heavy atom. The summed E-state index contributed by atoms with van der Waals surface area (Å²) >= 11 is 0. The first kappa shape index (κ1) is 21.6. The monoisotopic (exact) mass is 423 g/mol. The van der Waals surface area contributed by atoms with E-state index in [0.29, 0.717) is 25.6 Å². The molecule has 2 aromatic heterocycles. The van der Waals surface area contributed by atoms with Crippen LogP contribution in [0.3, 0.4) is 0 Å². The maximum atomic E-state index is 12.6. The van der Waals surface area contributed by atoms with Gasteiger partial charge in [-0.1, -0.05) is 6.07 Å². The fraction of sp³-hybridized carbons (Fsp3) is 0.542. The fourth-order valence-corrected chi connectivity index (χ4v) is 4.48. The Balaban J connectivity index is 1.31. The van der Waals surface area contributed by atoms with Crippen LogP contribution in [-0.2, 0) is 18.4 Å². The van der Waals surface area contributed by atoms with Gasteiger partial charge >= 0.3 is 0 Å². The van der Waals surface area contributed by atoms with Crippen LogP contribution < -0.4 is 10.6 Å². The lowest BCUT2D eigenvalue weighted by molar-refractivity contribution is -0.122. The van der Waals surface area contributed by atoms with Crippen molar-refractivity contribution in [3.63, 3.8) is 0 Å². The molecule has 2 fully saturated rings. The molecule has 0 aromatic carbocycles. The third-order valence-corrected chi connectivity index (χ3v) is 6.68. The van der Waals surface area contributed by atoms with Crippen molar-refractivity contribution in [1.29, 1.82) is 0 Å². The summed E-state index contributed by atoms with van der Waals surface area (Å²) in [6, 6.07) is 8.13. The largest absolute Gasteiger partial charge is 0.354 e. The van der Waals surface area contributed by atoms with Crippen LogP contribution in [0.25, 0.3) is 0 Å². The van der Waals surface area contributed by atoms with Gasteiger partial charge < -0.3 is 15.2 Å². The summed E-state index contributed by atoms with van der Waals surface area (Å²) in [4.78, 5) is 32.0. The van der Waals surface area contributed by atoms with E-state index in [0.717, 1.165) is 42.3 Å². The van der Waals surface area contributed by atoms with Crippen molar-refractivity contribution in [3.05, 3.63) is 53.6 Å². The van der Waals surface area contributed by atoms with Gasteiger partial charge in [0.1, 0.15) is 0 Å². The summed E-state index contributed by atoms with van der Waals surface area (Å²) in [5.74, 6) is 0.800. The first-order valence-electron chi connectivity index (χ1n) is 11.3. The normalized spacial score (nSPS) is 21.2. The predicted molar refractivity (Wildman–Crippen MR) is 119 cm³/mol. The third-order valence-electron chi connectivity index (χ3n) is 6.68. The third kappa shape index (κ3) is 5.53. The number of hydrogen-bond acceptors (Lipinski definition) is 4. The zero-order chi connectivity index (χ0) is 21.8. The van der Waals surface area contributed by atoms with Crippen molar-refractivity contribution in [2.75, 3.05) is 13.1 Å². The molecule has 1 saturated heterocycles. The second-order valence-corrected chi connectivity index (χ2v) is 8.96. The Morgan fingerprint density at radius 1 is 1.10 bits per heavy atom. The SMILES string of the molecule is Cc1c(C(=O)NC[C@@H]2CC[C@H](CC(=O)NCc3ccccn3)N2CC2CC2)ccn1C. The number of rotatable bonds is 9. The Bertz CT molecular complexity index is 906. The molecule has 0 radical (unpaired) electrons. The van der Waals surface area contributed by atoms with Gasteiger partial charge in [-0.25, -0.2) is 0 Å². The lowest BCUT2D eigenvalue weighted by Crippen LogP contribution is -2.45. The topological polar surface area (TPSA) is 79.3 Å². The van der Waals surface area contributed by atoms with E-state index in [2.05, 4.69) is 20.5 Å². The minimum Gasteiger partial charge on any atom is -0.354 e. The van der Waals surface area contributed by atoms with Gasteiger partial charge in [0.2, 0.25) is 5.91 Å². The zero-order valence-electron chi connectivity index (χ0n) is 18.5. The van der Waals surface area contributed by atoms with Crippen LogP contribution in [-0.4, -0.2) is 51.4 Å². The van der Waals surface area contributed by atoms with E-state index in [-0.39, 0.29) is 17.9 Å². The van der Waals surface area contributed by atoms with Crippen LogP contribution in [0.2, 0.25) is 0 Å². The number of carbonyl (C=O) groups is 2. The Kier molecular flexibility index (Phi) is 6.70. The van der Waals surface area contributed by atoms with Crippen molar-refractivity contribution < 1.29 is 9.59 Å². The molecule has 2 amide bonds. The average molecular weight is 424 g/mol. The fourth-order valence-electron chi connectivity index (χ4n) is 4.48. The number of nitrogens with one attached hydrogen (secondary N) is 2. The minimum absolute atomic E-state index is 0.0129. The molecule has 1 saturated carbocycles. The highest BCUT2D eigenvalue weighted by atomic mass is 16.2. The molecule has 4 rings (SSSR count). The molecule has 1 aliphatic heterocycles. The number of aromatic nitrogens is 2. The number of likely N-dealkylation sites (tertiary alicyclic amines) is 1. The molecule has 3 heterocycles. The molecule has 2 N–H and O–H groups in total. The predicted octanol–water partition coefficient (Wildman–Crippen LogP) is 2.41. The number of nitrogens with zero attached hydrogens (tertiary/aromatic N) is 3. The number of hydrogen-bond donors (Lipinski definition) is 2. The van der Waals surface area contributed by atoms with Crippen LogP contribution in [0.1, 0.15) is 53.8 Å². The van der Waals surface area contributed by atoms with E-state index >= 15 is 0 Å². The lowest BCUT2D eigenvalue weighted by atomic mass is 10.1. The summed E-state index contributed by atoms with van der Waals surface area (Å²) in [5, 5.41) is 6.15. The van der Waals surface area contributed by atoms with E-state index in [1.807, 2.05) is 49.0 Å². The van der Waals surface area contributed by atoms with Gasteiger partial charge in [0.05, 0.1) is 17.8 Å². The van der Waals surface area contributed by atoms with Crippen molar-refractivity contribution in [1.82, 2.24) is 25.1 Å². The number of carbonyl (C=O) groups excluding carboxylic acids is 2. The Morgan fingerprint density at radius 2 is 1.90 bits per heavy atom.